The molecule has 18 heavy (non-hydrogen) atoms. The monoisotopic (exact) mass is 253 g/mol. The lowest BCUT2D eigenvalue weighted by molar-refractivity contribution is 0.419. The first-order chi connectivity index (χ1) is 8.61. The van der Waals surface area contributed by atoms with Gasteiger partial charge in [0.25, 0.3) is 0 Å². The summed E-state index contributed by atoms with van der Waals surface area (Å²) < 4.78 is 0. The van der Waals surface area contributed by atoms with Crippen molar-refractivity contribution in [3.8, 4) is 11.8 Å². The quantitative estimate of drug-likeness (QED) is 0.599. The molecule has 0 amide bonds. The van der Waals surface area contributed by atoms with E-state index in [2.05, 4.69) is 25.8 Å². The number of aromatic nitrogens is 1. The number of aromatic amines is 1. The molecule has 0 bridgehead atoms. The van der Waals surface area contributed by atoms with E-state index in [1.54, 1.807) is 0 Å². The fraction of sp³-hybridized carbons (Fsp3) is 0.733. The Morgan fingerprint density at radius 3 is 2.33 bits per heavy atom. The summed E-state index contributed by atoms with van der Waals surface area (Å²) in [6.07, 6.45) is 7.82. The van der Waals surface area contributed by atoms with Crippen molar-refractivity contribution in [2.24, 2.45) is 0 Å². The van der Waals surface area contributed by atoms with Crippen LogP contribution in [0.1, 0.15) is 76.3 Å². The molecule has 0 aliphatic rings. The molecule has 1 heterocycles. The Labute approximate surface area is 110 Å². The minimum atomic E-state index is 0.143. The minimum absolute atomic E-state index is 0.143. The van der Waals surface area contributed by atoms with Crippen molar-refractivity contribution in [1.82, 2.24) is 4.98 Å². The van der Waals surface area contributed by atoms with Crippen LogP contribution in [0.2, 0.25) is 0 Å². The summed E-state index contributed by atoms with van der Waals surface area (Å²) in [5.41, 5.74) is 1.82. The Hall–Kier alpha value is -1.12. The maximum Gasteiger partial charge on any atom is 0.195 e. The maximum absolute atomic E-state index is 9.90. The second-order valence-electron chi connectivity index (χ2n) is 5.21. The highest BCUT2D eigenvalue weighted by atomic mass is 16.3. The lowest BCUT2D eigenvalue weighted by Crippen LogP contribution is -1.97. The molecule has 1 atom stereocenters. The van der Waals surface area contributed by atoms with E-state index in [9.17, 15) is 10.2 Å². The molecule has 0 saturated carbocycles. The lowest BCUT2D eigenvalue weighted by atomic mass is 9.92. The summed E-state index contributed by atoms with van der Waals surface area (Å²) in [5, 5.41) is 19.7. The van der Waals surface area contributed by atoms with Crippen molar-refractivity contribution >= 4 is 0 Å². The summed E-state index contributed by atoms with van der Waals surface area (Å²) in [6, 6.07) is 0. The predicted octanol–water partition coefficient (Wildman–Crippen LogP) is 4.45. The molecule has 1 unspecified atom stereocenters. The van der Waals surface area contributed by atoms with Crippen molar-refractivity contribution < 1.29 is 10.2 Å². The van der Waals surface area contributed by atoms with Crippen LogP contribution in [0.4, 0.5) is 0 Å². The molecule has 0 aliphatic carbocycles. The zero-order valence-electron chi connectivity index (χ0n) is 11.9. The van der Waals surface area contributed by atoms with Gasteiger partial charge in [0.15, 0.2) is 11.8 Å². The van der Waals surface area contributed by atoms with Crippen molar-refractivity contribution in [3.05, 3.63) is 11.1 Å². The molecule has 3 N–H and O–H groups in total. The topological polar surface area (TPSA) is 56.2 Å². The SMILES string of the molecule is CCCCCCC(C)c1c(O)[nH]c(O)c1CCC. The smallest absolute Gasteiger partial charge is 0.195 e. The lowest BCUT2D eigenvalue weighted by Gasteiger charge is -2.13. The van der Waals surface area contributed by atoms with Crippen LogP contribution in [0.3, 0.4) is 0 Å². The van der Waals surface area contributed by atoms with Gasteiger partial charge in [-0.05, 0) is 18.8 Å². The molecule has 0 saturated heterocycles. The van der Waals surface area contributed by atoms with Gasteiger partial charge in [0.1, 0.15) is 0 Å². The van der Waals surface area contributed by atoms with E-state index in [1.165, 1.54) is 25.7 Å². The number of aromatic hydroxyl groups is 2. The summed E-state index contributed by atoms with van der Waals surface area (Å²) in [5.74, 6) is 0.601. The maximum atomic E-state index is 9.90. The molecule has 0 radical (unpaired) electrons. The van der Waals surface area contributed by atoms with Crippen molar-refractivity contribution in [1.29, 1.82) is 0 Å². The first-order valence-corrected chi connectivity index (χ1v) is 7.24. The minimum Gasteiger partial charge on any atom is -0.494 e. The van der Waals surface area contributed by atoms with E-state index in [1.807, 2.05) is 0 Å². The third-order valence-electron chi connectivity index (χ3n) is 3.59. The number of hydrogen-bond acceptors (Lipinski definition) is 2. The zero-order valence-corrected chi connectivity index (χ0v) is 11.9. The standard InChI is InChI=1S/C15H27NO2/c1-4-6-7-8-10-11(3)13-12(9-5-2)14(17)16-15(13)18/h11,16-18H,4-10H2,1-3H3. The normalized spacial score (nSPS) is 12.8. The fourth-order valence-corrected chi connectivity index (χ4v) is 2.58. The largest absolute Gasteiger partial charge is 0.494 e. The van der Waals surface area contributed by atoms with Crippen LogP contribution >= 0.6 is 0 Å². The van der Waals surface area contributed by atoms with E-state index in [0.29, 0.717) is 5.92 Å². The molecule has 104 valence electrons. The second kappa shape index (κ2) is 7.34. The molecule has 0 fully saturated rings. The van der Waals surface area contributed by atoms with Gasteiger partial charge in [-0.3, -0.25) is 4.98 Å². The van der Waals surface area contributed by atoms with Crippen molar-refractivity contribution in [3.63, 3.8) is 0 Å². The first-order valence-electron chi connectivity index (χ1n) is 7.24. The molecule has 1 aromatic rings. The van der Waals surface area contributed by atoms with E-state index in [-0.39, 0.29) is 11.8 Å². The third kappa shape index (κ3) is 3.69. The van der Waals surface area contributed by atoms with Gasteiger partial charge < -0.3 is 10.2 Å². The molecular formula is C15H27NO2. The van der Waals surface area contributed by atoms with Gasteiger partial charge in [0, 0.05) is 11.1 Å². The van der Waals surface area contributed by atoms with Crippen molar-refractivity contribution in [2.45, 2.75) is 71.6 Å². The van der Waals surface area contributed by atoms with Gasteiger partial charge in [-0.1, -0.05) is 52.9 Å². The molecule has 3 nitrogen and oxygen atoms in total. The Balaban J connectivity index is 2.68. The van der Waals surface area contributed by atoms with Crippen LogP contribution in [-0.4, -0.2) is 15.2 Å². The van der Waals surface area contributed by atoms with Gasteiger partial charge in [-0.25, -0.2) is 0 Å². The van der Waals surface area contributed by atoms with E-state index >= 15 is 0 Å². The first kappa shape index (κ1) is 14.9. The summed E-state index contributed by atoms with van der Waals surface area (Å²) in [6.45, 7) is 6.42. The highest BCUT2D eigenvalue weighted by Gasteiger charge is 2.20. The Kier molecular flexibility index (Phi) is 6.10. The van der Waals surface area contributed by atoms with E-state index in [0.717, 1.165) is 30.4 Å². The number of H-pyrrole nitrogens is 1. The molecule has 0 aliphatic heterocycles. The van der Waals surface area contributed by atoms with Crippen molar-refractivity contribution in [2.75, 3.05) is 0 Å². The summed E-state index contributed by atoms with van der Waals surface area (Å²) in [4.78, 5) is 2.65. The average molecular weight is 253 g/mol. The molecule has 1 aromatic heterocycles. The predicted molar refractivity (Wildman–Crippen MR) is 75.3 cm³/mol. The highest BCUT2D eigenvalue weighted by Crippen LogP contribution is 2.37. The zero-order chi connectivity index (χ0) is 13.5. The molecule has 3 heteroatoms. The average Bonchev–Trinajstić information content (AvgIpc) is 2.60. The number of nitrogens with one attached hydrogen (secondary N) is 1. The molecule has 1 rings (SSSR count). The number of hydrogen-bond donors (Lipinski definition) is 3. The van der Waals surface area contributed by atoms with E-state index in [4.69, 9.17) is 0 Å². The van der Waals surface area contributed by atoms with Crippen LogP contribution in [0.15, 0.2) is 0 Å². The van der Waals surface area contributed by atoms with E-state index < -0.39 is 0 Å². The third-order valence-corrected chi connectivity index (χ3v) is 3.59. The van der Waals surface area contributed by atoms with Crippen LogP contribution in [0, 0.1) is 0 Å². The molecule has 0 aromatic carbocycles. The Morgan fingerprint density at radius 1 is 1.00 bits per heavy atom. The number of unbranched alkanes of at least 4 members (excludes halogenated alkanes) is 3. The second-order valence-corrected chi connectivity index (χ2v) is 5.21. The van der Waals surface area contributed by atoms with Crippen LogP contribution in [0.5, 0.6) is 11.8 Å². The summed E-state index contributed by atoms with van der Waals surface area (Å²) in [7, 11) is 0. The van der Waals surface area contributed by atoms with Gasteiger partial charge in [0.05, 0.1) is 0 Å². The Bertz CT molecular complexity index is 358. The summed E-state index contributed by atoms with van der Waals surface area (Å²) >= 11 is 0. The number of rotatable bonds is 8. The molecule has 0 spiro atoms. The van der Waals surface area contributed by atoms with Crippen LogP contribution in [0.25, 0.3) is 0 Å². The van der Waals surface area contributed by atoms with Gasteiger partial charge in [-0.15, -0.1) is 0 Å². The van der Waals surface area contributed by atoms with Gasteiger partial charge in [0.2, 0.25) is 0 Å². The van der Waals surface area contributed by atoms with Crippen LogP contribution < -0.4 is 0 Å². The Morgan fingerprint density at radius 2 is 1.72 bits per heavy atom. The van der Waals surface area contributed by atoms with Gasteiger partial charge in [-0.2, -0.15) is 0 Å². The highest BCUT2D eigenvalue weighted by molar-refractivity contribution is 5.45. The van der Waals surface area contributed by atoms with Crippen LogP contribution in [-0.2, 0) is 6.42 Å². The molecular weight excluding hydrogens is 226 g/mol. The van der Waals surface area contributed by atoms with Gasteiger partial charge >= 0.3 is 0 Å². The fourth-order valence-electron chi connectivity index (χ4n) is 2.58.